The fraction of sp³-hybridized carbons (Fsp3) is 0.455. The maximum atomic E-state index is 11.9. The molecule has 21 heavy (non-hydrogen) atoms. The number of methoxy groups -OCH3 is 1. The Kier molecular flexibility index (Phi) is 5.91. The van der Waals surface area contributed by atoms with Crippen LogP contribution in [-0.4, -0.2) is 39.5 Å². The van der Waals surface area contributed by atoms with Crippen LogP contribution < -0.4 is 10.0 Å². The van der Waals surface area contributed by atoms with Crippen LogP contribution in [0.1, 0.15) is 13.8 Å². The van der Waals surface area contributed by atoms with E-state index in [1.165, 1.54) is 27.0 Å². The maximum Gasteiger partial charge on any atom is 0.330 e. The van der Waals surface area contributed by atoms with Crippen LogP contribution in [-0.2, 0) is 24.3 Å². The van der Waals surface area contributed by atoms with Crippen LogP contribution in [0.3, 0.4) is 0 Å². The lowest BCUT2D eigenvalue weighted by molar-refractivity contribution is -0.149. The fourth-order valence-electron chi connectivity index (χ4n) is 1.37. The number of hydrogen-bond donors (Lipinski definition) is 2. The molecule has 0 aliphatic rings. The van der Waals surface area contributed by atoms with Gasteiger partial charge < -0.3 is 10.1 Å². The average Bonchev–Trinajstić information content (AvgIpc) is 2.82. The van der Waals surface area contributed by atoms with Gasteiger partial charge in [-0.2, -0.15) is 0 Å². The number of ether oxygens (including phenoxy) is 1. The Hall–Kier alpha value is -0.970. The van der Waals surface area contributed by atoms with Gasteiger partial charge in [-0.1, -0.05) is 0 Å². The zero-order valence-corrected chi connectivity index (χ0v) is 14.8. The molecule has 0 atom stereocenters. The van der Waals surface area contributed by atoms with E-state index in [0.29, 0.717) is 3.79 Å². The number of nitrogens with one attached hydrogen (secondary N) is 2. The molecule has 0 saturated heterocycles. The highest BCUT2D eigenvalue weighted by atomic mass is 79.9. The molecular formula is C11H15BrN2O5S2. The van der Waals surface area contributed by atoms with E-state index in [1.807, 2.05) is 0 Å². The number of rotatable bonds is 6. The molecule has 0 spiro atoms. The summed E-state index contributed by atoms with van der Waals surface area (Å²) in [7, 11) is -2.55. The van der Waals surface area contributed by atoms with Crippen LogP contribution >= 0.6 is 27.3 Å². The highest BCUT2D eigenvalue weighted by molar-refractivity contribution is 9.11. The number of carbonyl (C=O) groups is 2. The minimum Gasteiger partial charge on any atom is -0.467 e. The number of hydrogen-bond acceptors (Lipinski definition) is 6. The van der Waals surface area contributed by atoms with Crippen LogP contribution in [0.2, 0.25) is 0 Å². The van der Waals surface area contributed by atoms with E-state index >= 15 is 0 Å². The number of amides is 1. The molecule has 0 aliphatic heterocycles. The lowest BCUT2D eigenvalue weighted by atomic mass is 10.1. The van der Waals surface area contributed by atoms with E-state index in [-0.39, 0.29) is 4.21 Å². The van der Waals surface area contributed by atoms with Crippen molar-refractivity contribution in [1.82, 2.24) is 10.0 Å². The van der Waals surface area contributed by atoms with Gasteiger partial charge >= 0.3 is 5.97 Å². The molecule has 1 heterocycles. The van der Waals surface area contributed by atoms with Gasteiger partial charge in [-0.25, -0.2) is 17.9 Å². The highest BCUT2D eigenvalue weighted by Gasteiger charge is 2.30. The zero-order chi connectivity index (χ0) is 16.3. The molecule has 0 saturated carbocycles. The van der Waals surface area contributed by atoms with Crippen molar-refractivity contribution in [2.75, 3.05) is 13.7 Å². The molecule has 1 aromatic heterocycles. The molecule has 118 valence electrons. The van der Waals surface area contributed by atoms with Crippen molar-refractivity contribution in [2.24, 2.45) is 0 Å². The molecule has 0 unspecified atom stereocenters. The fourth-order valence-corrected chi connectivity index (χ4v) is 4.41. The van der Waals surface area contributed by atoms with E-state index in [2.05, 4.69) is 30.7 Å². The number of thiophene rings is 1. The molecule has 0 bridgehead atoms. The van der Waals surface area contributed by atoms with E-state index < -0.39 is 34.0 Å². The second-order valence-corrected chi connectivity index (χ2v) is 9.00. The molecule has 1 rings (SSSR count). The largest absolute Gasteiger partial charge is 0.467 e. The standard InChI is InChI=1S/C11H15BrN2O5S2/c1-11(2,10(16)19-3)14-8(15)6-13-21(17,18)9-5-4-7(12)20-9/h4-5,13H,6H2,1-3H3,(H,14,15). The van der Waals surface area contributed by atoms with Gasteiger partial charge in [0.05, 0.1) is 17.4 Å². The van der Waals surface area contributed by atoms with Crippen molar-refractivity contribution in [3.8, 4) is 0 Å². The first-order chi connectivity index (χ1) is 9.58. The molecule has 7 nitrogen and oxygen atoms in total. The summed E-state index contributed by atoms with van der Waals surface area (Å²) in [5.74, 6) is -1.26. The molecular weight excluding hydrogens is 384 g/mol. The van der Waals surface area contributed by atoms with E-state index in [9.17, 15) is 18.0 Å². The third-order valence-corrected chi connectivity index (χ3v) is 5.90. The molecule has 1 amide bonds. The lowest BCUT2D eigenvalue weighted by Gasteiger charge is -2.23. The van der Waals surface area contributed by atoms with Gasteiger partial charge in [-0.05, 0) is 41.9 Å². The molecule has 1 aromatic rings. The molecule has 2 N–H and O–H groups in total. The summed E-state index contributed by atoms with van der Waals surface area (Å²) >= 11 is 4.19. The highest BCUT2D eigenvalue weighted by Crippen LogP contribution is 2.25. The summed E-state index contributed by atoms with van der Waals surface area (Å²) in [6.07, 6.45) is 0. The normalized spacial score (nSPS) is 12.0. The minimum absolute atomic E-state index is 0.0920. The van der Waals surface area contributed by atoms with Gasteiger partial charge in [0.25, 0.3) is 10.0 Å². The Morgan fingerprint density at radius 1 is 1.38 bits per heavy atom. The Morgan fingerprint density at radius 2 is 2.00 bits per heavy atom. The number of carbonyl (C=O) groups excluding carboxylic acids is 2. The number of sulfonamides is 1. The van der Waals surface area contributed by atoms with Crippen molar-refractivity contribution in [2.45, 2.75) is 23.6 Å². The van der Waals surface area contributed by atoms with E-state index in [1.54, 1.807) is 6.07 Å². The summed E-state index contributed by atoms with van der Waals surface area (Å²) in [6.45, 7) is 2.45. The Bertz CT molecular complexity index is 639. The van der Waals surface area contributed by atoms with Crippen molar-refractivity contribution < 1.29 is 22.7 Å². The summed E-state index contributed by atoms with van der Waals surface area (Å²) in [5, 5.41) is 2.39. The average molecular weight is 399 g/mol. The molecule has 0 fully saturated rings. The predicted octanol–water partition coefficient (Wildman–Crippen LogP) is 0.857. The predicted molar refractivity (Wildman–Crippen MR) is 81.4 cm³/mol. The van der Waals surface area contributed by atoms with Gasteiger partial charge in [0, 0.05) is 0 Å². The molecule has 0 radical (unpaired) electrons. The van der Waals surface area contributed by atoms with Gasteiger partial charge in [-0.15, -0.1) is 11.3 Å². The monoisotopic (exact) mass is 398 g/mol. The SMILES string of the molecule is COC(=O)C(C)(C)NC(=O)CNS(=O)(=O)c1ccc(Br)s1. The van der Waals surface area contributed by atoms with Crippen LogP contribution in [0.15, 0.2) is 20.1 Å². The molecule has 10 heteroatoms. The zero-order valence-electron chi connectivity index (χ0n) is 11.6. The first kappa shape index (κ1) is 18.1. The topological polar surface area (TPSA) is 102 Å². The van der Waals surface area contributed by atoms with Gasteiger partial charge in [0.1, 0.15) is 9.75 Å². The lowest BCUT2D eigenvalue weighted by Crippen LogP contribution is -2.52. The number of esters is 1. The van der Waals surface area contributed by atoms with Gasteiger partial charge in [0.15, 0.2) is 0 Å². The summed E-state index contributed by atoms with van der Waals surface area (Å²) in [5.41, 5.74) is -1.23. The second kappa shape index (κ2) is 6.86. The number of halogens is 1. The molecule has 0 aliphatic carbocycles. The first-order valence-corrected chi connectivity index (χ1v) is 8.82. The minimum atomic E-state index is -3.75. The molecule has 0 aromatic carbocycles. The Balaban J connectivity index is 2.63. The smallest absolute Gasteiger partial charge is 0.330 e. The van der Waals surface area contributed by atoms with Crippen LogP contribution in [0, 0.1) is 0 Å². The Morgan fingerprint density at radius 3 is 2.48 bits per heavy atom. The first-order valence-electron chi connectivity index (χ1n) is 5.73. The van der Waals surface area contributed by atoms with Gasteiger partial charge in [0.2, 0.25) is 5.91 Å². The second-order valence-electron chi connectivity index (χ2n) is 4.55. The summed E-state index contributed by atoms with van der Waals surface area (Å²) in [6, 6.07) is 3.02. The van der Waals surface area contributed by atoms with E-state index in [0.717, 1.165) is 11.3 Å². The summed E-state index contributed by atoms with van der Waals surface area (Å²) in [4.78, 5) is 23.1. The van der Waals surface area contributed by atoms with Crippen LogP contribution in [0.25, 0.3) is 0 Å². The van der Waals surface area contributed by atoms with Crippen LogP contribution in [0.4, 0.5) is 0 Å². The van der Waals surface area contributed by atoms with Crippen molar-refractivity contribution in [3.05, 3.63) is 15.9 Å². The van der Waals surface area contributed by atoms with Gasteiger partial charge in [-0.3, -0.25) is 4.79 Å². The quantitative estimate of drug-likeness (QED) is 0.691. The Labute approximate surface area is 135 Å². The van der Waals surface area contributed by atoms with Crippen molar-refractivity contribution >= 4 is 49.2 Å². The maximum absolute atomic E-state index is 11.9. The third-order valence-electron chi connectivity index (χ3n) is 2.38. The summed E-state index contributed by atoms with van der Waals surface area (Å²) < 4.78 is 31.3. The van der Waals surface area contributed by atoms with Crippen molar-refractivity contribution in [1.29, 1.82) is 0 Å². The van der Waals surface area contributed by atoms with Crippen molar-refractivity contribution in [3.63, 3.8) is 0 Å². The third kappa shape index (κ3) is 5.06. The van der Waals surface area contributed by atoms with E-state index in [4.69, 9.17) is 0 Å². The van der Waals surface area contributed by atoms with Crippen LogP contribution in [0.5, 0.6) is 0 Å².